The highest BCUT2D eigenvalue weighted by molar-refractivity contribution is 7.12. The number of amides is 2. The van der Waals surface area contributed by atoms with E-state index in [2.05, 4.69) is 5.32 Å². The molecule has 2 atom stereocenters. The molecule has 33 heavy (non-hydrogen) atoms. The van der Waals surface area contributed by atoms with Gasteiger partial charge in [0.05, 0.1) is 16.4 Å². The quantitative estimate of drug-likeness (QED) is 0.523. The van der Waals surface area contributed by atoms with Gasteiger partial charge in [-0.15, -0.1) is 11.3 Å². The van der Waals surface area contributed by atoms with E-state index >= 15 is 0 Å². The van der Waals surface area contributed by atoms with Gasteiger partial charge in [0.25, 0.3) is 5.91 Å². The van der Waals surface area contributed by atoms with Crippen molar-refractivity contribution in [2.75, 3.05) is 13.1 Å². The van der Waals surface area contributed by atoms with E-state index in [1.54, 1.807) is 35.7 Å². The fourth-order valence-corrected chi connectivity index (χ4v) is 4.69. The fourth-order valence-electron chi connectivity index (χ4n) is 4.00. The molecule has 1 N–H and O–H groups in total. The van der Waals surface area contributed by atoms with E-state index in [1.807, 2.05) is 0 Å². The molecule has 4 nitrogen and oxygen atoms in total. The summed E-state index contributed by atoms with van der Waals surface area (Å²) in [6.07, 6.45) is -4.51. The molecule has 0 aliphatic carbocycles. The van der Waals surface area contributed by atoms with Crippen molar-refractivity contribution in [2.45, 2.75) is 18.6 Å². The molecule has 2 amide bonds. The number of hydrogen-bond donors (Lipinski definition) is 1. The zero-order valence-corrected chi connectivity index (χ0v) is 18.1. The molecule has 4 rings (SSSR count). The third-order valence-corrected chi connectivity index (χ3v) is 6.56. The van der Waals surface area contributed by atoms with Crippen molar-refractivity contribution in [1.29, 1.82) is 0 Å². The molecular formula is C24H20F4N2O2S. The number of carbonyl (C=O) groups is 2. The van der Waals surface area contributed by atoms with Crippen molar-refractivity contribution in [1.82, 2.24) is 10.2 Å². The van der Waals surface area contributed by atoms with Crippen LogP contribution in [0.15, 0.2) is 66.0 Å². The average molecular weight is 476 g/mol. The summed E-state index contributed by atoms with van der Waals surface area (Å²) in [5.74, 6) is -2.34. The fraction of sp³-hybridized carbons (Fsp3) is 0.250. The molecule has 0 spiro atoms. The third-order valence-electron chi connectivity index (χ3n) is 5.70. The number of alkyl halides is 3. The second kappa shape index (κ2) is 9.35. The lowest BCUT2D eigenvalue weighted by Gasteiger charge is -2.19. The summed E-state index contributed by atoms with van der Waals surface area (Å²) in [6, 6.07) is 14.0. The maximum absolute atomic E-state index is 13.3. The monoisotopic (exact) mass is 476 g/mol. The van der Waals surface area contributed by atoms with Gasteiger partial charge in [-0.1, -0.05) is 36.4 Å². The third kappa shape index (κ3) is 5.24. The first kappa shape index (κ1) is 23.0. The van der Waals surface area contributed by atoms with E-state index in [1.165, 1.54) is 34.4 Å². The molecule has 3 aromatic rings. The first-order valence-corrected chi connectivity index (χ1v) is 11.1. The molecule has 9 heteroatoms. The van der Waals surface area contributed by atoms with Gasteiger partial charge >= 0.3 is 6.18 Å². The van der Waals surface area contributed by atoms with Crippen molar-refractivity contribution >= 4 is 23.2 Å². The Hall–Kier alpha value is -3.20. The highest BCUT2D eigenvalue weighted by Gasteiger charge is 2.41. The Balaban J connectivity index is 1.57. The molecule has 2 heterocycles. The first-order valence-electron chi connectivity index (χ1n) is 10.2. The average Bonchev–Trinajstić information content (AvgIpc) is 3.48. The maximum Gasteiger partial charge on any atom is 0.416 e. The van der Waals surface area contributed by atoms with E-state index in [0.29, 0.717) is 16.0 Å². The number of nitrogens with one attached hydrogen (secondary N) is 1. The van der Waals surface area contributed by atoms with Gasteiger partial charge in [0, 0.05) is 25.6 Å². The number of likely N-dealkylation sites (tertiary alicyclic amines) is 1. The van der Waals surface area contributed by atoms with Crippen molar-refractivity contribution in [2.24, 2.45) is 5.92 Å². The number of rotatable bonds is 5. The second-order valence-corrected chi connectivity index (χ2v) is 8.82. The molecule has 0 saturated carbocycles. The first-order chi connectivity index (χ1) is 15.7. The zero-order chi connectivity index (χ0) is 23.6. The summed E-state index contributed by atoms with van der Waals surface area (Å²) in [6.45, 7) is 0.364. The molecule has 1 saturated heterocycles. The molecule has 2 unspecified atom stereocenters. The van der Waals surface area contributed by atoms with E-state index in [-0.39, 0.29) is 31.4 Å². The molecule has 1 aliphatic rings. The van der Waals surface area contributed by atoms with Gasteiger partial charge in [0.15, 0.2) is 0 Å². The summed E-state index contributed by atoms with van der Waals surface area (Å²) in [5, 5.41) is 4.54. The number of carbonyl (C=O) groups excluding carboxylic acids is 2. The van der Waals surface area contributed by atoms with Gasteiger partial charge in [-0.25, -0.2) is 4.39 Å². The van der Waals surface area contributed by atoms with E-state index in [9.17, 15) is 27.2 Å². The zero-order valence-electron chi connectivity index (χ0n) is 17.3. The van der Waals surface area contributed by atoms with Crippen molar-refractivity contribution in [3.63, 3.8) is 0 Å². The number of nitrogens with zero attached hydrogens (tertiary/aromatic N) is 1. The van der Waals surface area contributed by atoms with Gasteiger partial charge in [-0.05, 0) is 40.8 Å². The van der Waals surface area contributed by atoms with E-state index in [4.69, 9.17) is 0 Å². The molecule has 1 aromatic heterocycles. The standard InChI is InChI=1S/C24H20F4N2O2S/c25-18-8-6-15(7-9-18)12-29-22(31)20-14-30(23(32)21-5-2-10-33-21)13-19(20)16-3-1-4-17(11-16)24(26,27)28/h1-11,19-20H,12-14H2,(H,29,31). The van der Waals surface area contributed by atoms with Gasteiger partial charge < -0.3 is 10.2 Å². The van der Waals surface area contributed by atoms with Crippen LogP contribution in [-0.2, 0) is 17.5 Å². The lowest BCUT2D eigenvalue weighted by molar-refractivity contribution is -0.137. The van der Waals surface area contributed by atoms with Crippen LogP contribution in [0.3, 0.4) is 0 Å². The Morgan fingerprint density at radius 3 is 2.45 bits per heavy atom. The number of hydrogen-bond acceptors (Lipinski definition) is 3. The Labute approximate surface area is 191 Å². The van der Waals surface area contributed by atoms with Gasteiger partial charge in [-0.3, -0.25) is 9.59 Å². The van der Waals surface area contributed by atoms with Crippen LogP contribution in [0.1, 0.15) is 32.3 Å². The Bertz CT molecular complexity index is 1130. The molecule has 2 aromatic carbocycles. The number of halogens is 4. The summed E-state index contributed by atoms with van der Waals surface area (Å²) in [4.78, 5) is 28.0. The molecule has 0 bridgehead atoms. The van der Waals surface area contributed by atoms with Crippen LogP contribution in [0.4, 0.5) is 17.6 Å². The normalized spacial score (nSPS) is 18.4. The lowest BCUT2D eigenvalue weighted by Crippen LogP contribution is -2.35. The lowest BCUT2D eigenvalue weighted by atomic mass is 9.87. The van der Waals surface area contributed by atoms with Crippen molar-refractivity contribution in [3.05, 3.63) is 93.4 Å². The minimum absolute atomic E-state index is 0.0902. The second-order valence-electron chi connectivity index (χ2n) is 7.87. The van der Waals surface area contributed by atoms with Gasteiger partial charge in [0.2, 0.25) is 5.91 Å². The largest absolute Gasteiger partial charge is 0.416 e. The summed E-state index contributed by atoms with van der Waals surface area (Å²) in [5.41, 5.74) is 0.242. The summed E-state index contributed by atoms with van der Waals surface area (Å²) >= 11 is 1.27. The van der Waals surface area contributed by atoms with Crippen LogP contribution in [0.25, 0.3) is 0 Å². The molecular weight excluding hydrogens is 456 g/mol. The minimum atomic E-state index is -4.51. The molecule has 0 radical (unpaired) electrons. The van der Waals surface area contributed by atoms with Crippen LogP contribution in [0.5, 0.6) is 0 Å². The van der Waals surface area contributed by atoms with Gasteiger partial charge in [-0.2, -0.15) is 13.2 Å². The minimum Gasteiger partial charge on any atom is -0.352 e. The van der Waals surface area contributed by atoms with Crippen LogP contribution >= 0.6 is 11.3 Å². The molecule has 1 fully saturated rings. The molecule has 1 aliphatic heterocycles. The van der Waals surface area contributed by atoms with E-state index < -0.39 is 29.4 Å². The maximum atomic E-state index is 13.3. The van der Waals surface area contributed by atoms with E-state index in [0.717, 1.165) is 12.1 Å². The predicted octanol–water partition coefficient (Wildman–Crippen LogP) is 5.08. The SMILES string of the molecule is O=C(NCc1ccc(F)cc1)C1CN(C(=O)c2cccs2)CC1c1cccc(C(F)(F)F)c1. The van der Waals surface area contributed by atoms with Crippen molar-refractivity contribution < 1.29 is 27.2 Å². The summed E-state index contributed by atoms with van der Waals surface area (Å²) < 4.78 is 52.9. The Morgan fingerprint density at radius 2 is 1.79 bits per heavy atom. The smallest absolute Gasteiger partial charge is 0.352 e. The number of thiophene rings is 1. The Morgan fingerprint density at radius 1 is 1.03 bits per heavy atom. The van der Waals surface area contributed by atoms with Crippen LogP contribution < -0.4 is 5.32 Å². The highest BCUT2D eigenvalue weighted by atomic mass is 32.1. The van der Waals surface area contributed by atoms with Crippen molar-refractivity contribution in [3.8, 4) is 0 Å². The highest BCUT2D eigenvalue weighted by Crippen LogP contribution is 2.37. The van der Waals surface area contributed by atoms with Crippen LogP contribution in [0.2, 0.25) is 0 Å². The van der Waals surface area contributed by atoms with Crippen LogP contribution in [0, 0.1) is 11.7 Å². The topological polar surface area (TPSA) is 49.4 Å². The molecule has 172 valence electrons. The van der Waals surface area contributed by atoms with Gasteiger partial charge in [0.1, 0.15) is 5.82 Å². The predicted molar refractivity (Wildman–Crippen MR) is 116 cm³/mol. The number of benzene rings is 2. The Kier molecular flexibility index (Phi) is 6.51. The van der Waals surface area contributed by atoms with Crippen LogP contribution in [-0.4, -0.2) is 29.8 Å². The summed E-state index contributed by atoms with van der Waals surface area (Å²) in [7, 11) is 0.